The minimum atomic E-state index is -4.36. The summed E-state index contributed by atoms with van der Waals surface area (Å²) in [6.45, 7) is 5.69. The van der Waals surface area contributed by atoms with Crippen LogP contribution < -0.4 is 16.6 Å². The van der Waals surface area contributed by atoms with E-state index in [1.807, 2.05) is 0 Å². The van der Waals surface area contributed by atoms with Crippen molar-refractivity contribution in [3.63, 3.8) is 0 Å². The number of alkyl halides is 3. The zero-order valence-electron chi connectivity index (χ0n) is 14.0. The lowest BCUT2D eigenvalue weighted by molar-refractivity contribution is -0.137. The van der Waals surface area contributed by atoms with Gasteiger partial charge in [-0.2, -0.15) is 13.2 Å². The number of rotatable bonds is 6. The number of ether oxygens (including phenoxy) is 1. The first-order valence-corrected chi connectivity index (χ1v) is 7.60. The summed E-state index contributed by atoms with van der Waals surface area (Å²) in [5.74, 6) is 5.25. The lowest BCUT2D eigenvalue weighted by atomic mass is 10.0. The molecule has 0 fully saturated rings. The number of carbonyl (C=O) groups is 1. The molecular weight excluding hydrogens is 323 g/mol. The monoisotopic (exact) mass is 347 g/mol. The van der Waals surface area contributed by atoms with Crippen LogP contribution in [0.4, 0.5) is 18.0 Å². The third-order valence-corrected chi connectivity index (χ3v) is 3.12. The van der Waals surface area contributed by atoms with Crippen molar-refractivity contribution in [3.05, 3.63) is 35.4 Å². The number of amides is 1. The van der Waals surface area contributed by atoms with Gasteiger partial charge in [0.1, 0.15) is 5.60 Å². The van der Waals surface area contributed by atoms with Crippen LogP contribution >= 0.6 is 0 Å². The fraction of sp³-hybridized carbons (Fsp3) is 0.562. The fourth-order valence-electron chi connectivity index (χ4n) is 2.07. The first kappa shape index (κ1) is 20.2. The summed E-state index contributed by atoms with van der Waals surface area (Å²) >= 11 is 0. The van der Waals surface area contributed by atoms with Crippen molar-refractivity contribution in [2.24, 2.45) is 5.84 Å². The molecule has 5 nitrogen and oxygen atoms in total. The van der Waals surface area contributed by atoms with Gasteiger partial charge in [-0.05, 0) is 51.3 Å². The van der Waals surface area contributed by atoms with Gasteiger partial charge in [-0.1, -0.05) is 12.1 Å². The highest BCUT2D eigenvalue weighted by Crippen LogP contribution is 2.29. The molecule has 0 aromatic heterocycles. The molecule has 0 heterocycles. The SMILES string of the molecule is CC(C)(C)OC(=O)NC(CCNN)Cc1ccc(C(F)(F)F)cc1. The number of benzene rings is 1. The molecule has 0 aliphatic carbocycles. The van der Waals surface area contributed by atoms with Gasteiger partial charge in [0.15, 0.2) is 0 Å². The second-order valence-corrected chi connectivity index (χ2v) is 6.48. The molecular formula is C16H24F3N3O2. The average Bonchev–Trinajstić information content (AvgIpc) is 2.42. The van der Waals surface area contributed by atoms with Gasteiger partial charge in [0.25, 0.3) is 0 Å². The number of carbonyl (C=O) groups excluding carboxylic acids is 1. The van der Waals surface area contributed by atoms with Crippen molar-refractivity contribution in [1.29, 1.82) is 0 Å². The zero-order valence-corrected chi connectivity index (χ0v) is 14.0. The molecule has 0 saturated heterocycles. The Morgan fingerprint density at radius 2 is 1.79 bits per heavy atom. The van der Waals surface area contributed by atoms with Gasteiger partial charge in [0.2, 0.25) is 0 Å². The number of nitrogens with two attached hydrogens (primary N) is 1. The molecule has 0 bridgehead atoms. The highest BCUT2D eigenvalue weighted by molar-refractivity contribution is 5.68. The smallest absolute Gasteiger partial charge is 0.416 e. The third kappa shape index (κ3) is 7.65. The molecule has 1 unspecified atom stereocenters. The number of nitrogens with one attached hydrogen (secondary N) is 2. The Kier molecular flexibility index (Phi) is 7.04. The van der Waals surface area contributed by atoms with Crippen LogP contribution in [0.15, 0.2) is 24.3 Å². The number of hydrogen-bond donors (Lipinski definition) is 3. The predicted octanol–water partition coefficient (Wildman–Crippen LogP) is 2.99. The molecule has 0 aliphatic rings. The van der Waals surface area contributed by atoms with E-state index in [1.165, 1.54) is 12.1 Å². The van der Waals surface area contributed by atoms with Crippen LogP contribution in [0, 0.1) is 0 Å². The van der Waals surface area contributed by atoms with Crippen LogP contribution in [0.5, 0.6) is 0 Å². The van der Waals surface area contributed by atoms with E-state index in [4.69, 9.17) is 10.6 Å². The summed E-state index contributed by atoms with van der Waals surface area (Å²) in [5.41, 5.74) is 1.84. The molecule has 0 radical (unpaired) electrons. The molecule has 1 aromatic carbocycles. The Hall–Kier alpha value is -1.80. The Morgan fingerprint density at radius 3 is 2.25 bits per heavy atom. The minimum Gasteiger partial charge on any atom is -0.444 e. The van der Waals surface area contributed by atoms with Crippen molar-refractivity contribution in [2.45, 2.75) is 51.4 Å². The molecule has 0 spiro atoms. The summed E-state index contributed by atoms with van der Waals surface area (Å²) < 4.78 is 42.9. The molecule has 0 saturated carbocycles. The second kappa shape index (κ2) is 8.34. The topological polar surface area (TPSA) is 76.4 Å². The Bertz CT molecular complexity index is 525. The predicted molar refractivity (Wildman–Crippen MR) is 85.1 cm³/mol. The number of hydrogen-bond acceptors (Lipinski definition) is 4. The lowest BCUT2D eigenvalue weighted by Gasteiger charge is -2.24. The standard InChI is InChI=1S/C16H24F3N3O2/c1-15(2,3)24-14(23)22-13(8-9-21-20)10-11-4-6-12(7-5-11)16(17,18)19/h4-7,13,21H,8-10,20H2,1-3H3,(H,22,23). The molecule has 136 valence electrons. The molecule has 4 N–H and O–H groups in total. The highest BCUT2D eigenvalue weighted by Gasteiger charge is 2.30. The normalized spacial score (nSPS) is 13.5. The van der Waals surface area contributed by atoms with E-state index in [-0.39, 0.29) is 6.04 Å². The van der Waals surface area contributed by atoms with Crippen LogP contribution in [0.25, 0.3) is 0 Å². The Labute approximate surface area is 139 Å². The van der Waals surface area contributed by atoms with Crippen molar-refractivity contribution < 1.29 is 22.7 Å². The first-order valence-electron chi connectivity index (χ1n) is 7.60. The molecule has 24 heavy (non-hydrogen) atoms. The summed E-state index contributed by atoms with van der Waals surface area (Å²) in [7, 11) is 0. The maximum absolute atomic E-state index is 12.6. The van der Waals surface area contributed by atoms with E-state index in [9.17, 15) is 18.0 Å². The minimum absolute atomic E-state index is 0.312. The fourth-order valence-corrected chi connectivity index (χ4v) is 2.07. The number of halogens is 3. The van der Waals surface area contributed by atoms with E-state index in [0.29, 0.717) is 24.9 Å². The van der Waals surface area contributed by atoms with Gasteiger partial charge < -0.3 is 10.1 Å². The van der Waals surface area contributed by atoms with Gasteiger partial charge in [-0.25, -0.2) is 4.79 Å². The van der Waals surface area contributed by atoms with Crippen molar-refractivity contribution in [3.8, 4) is 0 Å². The molecule has 1 aromatic rings. The van der Waals surface area contributed by atoms with Gasteiger partial charge in [-0.15, -0.1) is 0 Å². The first-order chi connectivity index (χ1) is 11.0. The van der Waals surface area contributed by atoms with Crippen LogP contribution in [-0.2, 0) is 17.3 Å². The molecule has 0 aliphatic heterocycles. The van der Waals surface area contributed by atoms with Gasteiger partial charge in [0, 0.05) is 12.6 Å². The van der Waals surface area contributed by atoms with Gasteiger partial charge in [-0.3, -0.25) is 11.3 Å². The summed E-state index contributed by atoms with van der Waals surface area (Å²) in [6, 6.07) is 4.56. The zero-order chi connectivity index (χ0) is 18.4. The average molecular weight is 347 g/mol. The maximum atomic E-state index is 12.6. The van der Waals surface area contributed by atoms with Crippen molar-refractivity contribution in [2.75, 3.05) is 6.54 Å². The number of hydrazine groups is 1. The molecule has 8 heteroatoms. The molecule has 1 amide bonds. The van der Waals surface area contributed by atoms with Gasteiger partial charge >= 0.3 is 12.3 Å². The Morgan fingerprint density at radius 1 is 1.21 bits per heavy atom. The quantitative estimate of drug-likeness (QED) is 0.546. The third-order valence-electron chi connectivity index (χ3n) is 3.12. The summed E-state index contributed by atoms with van der Waals surface area (Å²) in [4.78, 5) is 11.9. The van der Waals surface area contributed by atoms with Crippen LogP contribution in [0.3, 0.4) is 0 Å². The van der Waals surface area contributed by atoms with Crippen LogP contribution in [0.2, 0.25) is 0 Å². The Balaban J connectivity index is 2.73. The molecule has 1 atom stereocenters. The maximum Gasteiger partial charge on any atom is 0.416 e. The largest absolute Gasteiger partial charge is 0.444 e. The van der Waals surface area contributed by atoms with Crippen molar-refractivity contribution in [1.82, 2.24) is 10.7 Å². The second-order valence-electron chi connectivity index (χ2n) is 6.48. The number of alkyl carbamates (subject to hydrolysis) is 1. The van der Waals surface area contributed by atoms with Crippen molar-refractivity contribution >= 4 is 6.09 Å². The summed E-state index contributed by atoms with van der Waals surface area (Å²) in [6.07, 6.45) is -4.05. The van der Waals surface area contributed by atoms with E-state index in [0.717, 1.165) is 12.1 Å². The van der Waals surface area contributed by atoms with Crippen LogP contribution in [0.1, 0.15) is 38.3 Å². The lowest BCUT2D eigenvalue weighted by Crippen LogP contribution is -2.42. The molecule has 1 rings (SSSR count). The highest BCUT2D eigenvalue weighted by atomic mass is 19.4. The van der Waals surface area contributed by atoms with E-state index in [2.05, 4.69) is 10.7 Å². The van der Waals surface area contributed by atoms with Crippen LogP contribution in [-0.4, -0.2) is 24.3 Å². The van der Waals surface area contributed by atoms with Gasteiger partial charge in [0.05, 0.1) is 5.56 Å². The van der Waals surface area contributed by atoms with E-state index >= 15 is 0 Å². The van der Waals surface area contributed by atoms with E-state index in [1.54, 1.807) is 20.8 Å². The van der Waals surface area contributed by atoms with E-state index < -0.39 is 23.4 Å². The summed E-state index contributed by atoms with van der Waals surface area (Å²) in [5, 5.41) is 2.72.